The van der Waals surface area contributed by atoms with Crippen molar-refractivity contribution in [3.8, 4) is 0 Å². The van der Waals surface area contributed by atoms with E-state index < -0.39 is 11.3 Å². The Morgan fingerprint density at radius 3 is 2.94 bits per heavy atom. The molecule has 1 spiro atoms. The Hall–Kier alpha value is -0.970. The number of hydrogen-bond donors (Lipinski definition) is 0. The van der Waals surface area contributed by atoms with Gasteiger partial charge in [0.1, 0.15) is 6.26 Å². The first kappa shape index (κ1) is 10.2. The average molecular weight is 228 g/mol. The van der Waals surface area contributed by atoms with Crippen molar-refractivity contribution >= 4 is 0 Å². The lowest BCUT2D eigenvalue weighted by Crippen LogP contribution is -2.38. The molecule has 1 atom stereocenters. The minimum Gasteiger partial charge on any atom is -0.451 e. The SMILES string of the molecule is FC1(F)CC12CCCN(Cc1cocn1)C2. The fraction of sp³-hybridized carbons (Fsp3) is 0.727. The van der Waals surface area contributed by atoms with Crippen LogP contribution in [0.4, 0.5) is 8.78 Å². The molecule has 0 bridgehead atoms. The van der Waals surface area contributed by atoms with Crippen LogP contribution in [-0.2, 0) is 6.54 Å². The van der Waals surface area contributed by atoms with Crippen LogP contribution in [0.1, 0.15) is 25.0 Å². The third-order valence-corrected chi connectivity index (χ3v) is 3.74. The Labute approximate surface area is 92.4 Å². The van der Waals surface area contributed by atoms with E-state index in [1.807, 2.05) is 0 Å². The molecule has 1 aliphatic carbocycles. The summed E-state index contributed by atoms with van der Waals surface area (Å²) in [5.41, 5.74) is 0.0932. The summed E-state index contributed by atoms with van der Waals surface area (Å²) in [6, 6.07) is 0. The number of hydrogen-bond acceptors (Lipinski definition) is 3. The number of aromatic nitrogens is 1. The minimum atomic E-state index is -2.44. The summed E-state index contributed by atoms with van der Waals surface area (Å²) >= 11 is 0. The van der Waals surface area contributed by atoms with Gasteiger partial charge in [0.25, 0.3) is 5.92 Å². The van der Waals surface area contributed by atoms with Crippen LogP contribution in [0.5, 0.6) is 0 Å². The number of rotatable bonds is 2. The van der Waals surface area contributed by atoms with E-state index in [1.165, 1.54) is 6.39 Å². The average Bonchev–Trinajstić information content (AvgIpc) is 2.65. The van der Waals surface area contributed by atoms with Crippen molar-refractivity contribution in [1.82, 2.24) is 9.88 Å². The van der Waals surface area contributed by atoms with E-state index in [4.69, 9.17) is 4.42 Å². The van der Waals surface area contributed by atoms with Gasteiger partial charge in [0.2, 0.25) is 0 Å². The number of halogens is 2. The lowest BCUT2D eigenvalue weighted by molar-refractivity contribution is 0.0225. The first-order valence-electron chi connectivity index (χ1n) is 5.59. The van der Waals surface area contributed by atoms with Crippen LogP contribution in [0.15, 0.2) is 17.1 Å². The molecule has 5 heteroatoms. The highest BCUT2D eigenvalue weighted by Crippen LogP contribution is 2.64. The molecule has 0 N–H and O–H groups in total. The number of alkyl halides is 2. The van der Waals surface area contributed by atoms with Crippen molar-refractivity contribution in [3.63, 3.8) is 0 Å². The Bertz CT molecular complexity index is 379. The van der Waals surface area contributed by atoms with Crippen molar-refractivity contribution in [2.24, 2.45) is 5.41 Å². The molecule has 0 radical (unpaired) electrons. The quantitative estimate of drug-likeness (QED) is 0.777. The molecule has 88 valence electrons. The van der Waals surface area contributed by atoms with Gasteiger partial charge in [0.05, 0.1) is 11.1 Å². The van der Waals surface area contributed by atoms with Gasteiger partial charge < -0.3 is 4.42 Å². The first-order chi connectivity index (χ1) is 7.61. The zero-order valence-electron chi connectivity index (χ0n) is 8.96. The molecule has 1 saturated carbocycles. The molecule has 1 aromatic rings. The van der Waals surface area contributed by atoms with Crippen LogP contribution in [0.2, 0.25) is 0 Å². The number of nitrogens with zero attached hydrogens (tertiary/aromatic N) is 2. The van der Waals surface area contributed by atoms with E-state index in [2.05, 4.69) is 9.88 Å². The summed E-state index contributed by atoms with van der Waals surface area (Å²) in [6.45, 7) is 1.99. The molecule has 1 aliphatic heterocycles. The second-order valence-corrected chi connectivity index (χ2v) is 4.96. The Balaban J connectivity index is 1.65. The normalized spacial score (nSPS) is 33.1. The molecular formula is C11H14F2N2O. The smallest absolute Gasteiger partial charge is 0.255 e. The van der Waals surface area contributed by atoms with Crippen LogP contribution >= 0.6 is 0 Å². The molecule has 1 aromatic heterocycles. The third-order valence-electron chi connectivity index (χ3n) is 3.74. The van der Waals surface area contributed by atoms with Crippen molar-refractivity contribution in [1.29, 1.82) is 0 Å². The van der Waals surface area contributed by atoms with Crippen molar-refractivity contribution in [2.75, 3.05) is 13.1 Å². The van der Waals surface area contributed by atoms with Gasteiger partial charge in [-0.3, -0.25) is 4.90 Å². The molecule has 2 fully saturated rings. The molecule has 16 heavy (non-hydrogen) atoms. The maximum atomic E-state index is 13.3. The predicted molar refractivity (Wildman–Crippen MR) is 53.0 cm³/mol. The maximum absolute atomic E-state index is 13.3. The van der Waals surface area contributed by atoms with Gasteiger partial charge in [-0.05, 0) is 19.4 Å². The highest BCUT2D eigenvalue weighted by Gasteiger charge is 2.71. The highest BCUT2D eigenvalue weighted by molar-refractivity contribution is 5.13. The molecule has 1 saturated heterocycles. The largest absolute Gasteiger partial charge is 0.451 e. The summed E-state index contributed by atoms with van der Waals surface area (Å²) < 4.78 is 31.4. The topological polar surface area (TPSA) is 29.3 Å². The van der Waals surface area contributed by atoms with Gasteiger partial charge in [-0.2, -0.15) is 0 Å². The van der Waals surface area contributed by atoms with Crippen LogP contribution in [0.25, 0.3) is 0 Å². The standard InChI is InChI=1S/C11H14F2N2O/c12-11(13)6-10(11)2-1-3-15(7-10)4-9-5-16-8-14-9/h5,8H,1-4,6-7H2. The molecule has 3 rings (SSSR count). The van der Waals surface area contributed by atoms with Gasteiger partial charge in [-0.15, -0.1) is 0 Å². The van der Waals surface area contributed by atoms with Gasteiger partial charge in [-0.1, -0.05) is 0 Å². The van der Waals surface area contributed by atoms with Gasteiger partial charge in [-0.25, -0.2) is 13.8 Å². The molecule has 1 unspecified atom stereocenters. The molecule has 3 nitrogen and oxygen atoms in total. The van der Waals surface area contributed by atoms with Crippen LogP contribution in [0.3, 0.4) is 0 Å². The summed E-state index contributed by atoms with van der Waals surface area (Å²) in [5.74, 6) is -2.44. The third kappa shape index (κ3) is 1.54. The van der Waals surface area contributed by atoms with Gasteiger partial charge in [0, 0.05) is 19.5 Å². The second kappa shape index (κ2) is 3.26. The van der Waals surface area contributed by atoms with Crippen LogP contribution < -0.4 is 0 Å². The van der Waals surface area contributed by atoms with Crippen molar-refractivity contribution < 1.29 is 13.2 Å². The zero-order valence-corrected chi connectivity index (χ0v) is 8.96. The summed E-state index contributed by atoms with van der Waals surface area (Å²) in [4.78, 5) is 6.08. The zero-order chi connectivity index (χ0) is 11.2. The molecule has 2 heterocycles. The van der Waals surface area contributed by atoms with E-state index in [9.17, 15) is 8.78 Å². The number of piperidine rings is 1. The monoisotopic (exact) mass is 228 g/mol. The molecule has 2 aliphatic rings. The summed E-state index contributed by atoms with van der Waals surface area (Å²) in [7, 11) is 0. The summed E-state index contributed by atoms with van der Waals surface area (Å²) in [6.07, 6.45) is 4.53. The second-order valence-electron chi connectivity index (χ2n) is 4.96. The first-order valence-corrected chi connectivity index (χ1v) is 5.59. The minimum absolute atomic E-state index is 0.0648. The molecule has 0 amide bonds. The number of likely N-dealkylation sites (tertiary alicyclic amines) is 1. The fourth-order valence-electron chi connectivity index (χ4n) is 2.73. The molecule has 0 aromatic carbocycles. The van der Waals surface area contributed by atoms with Crippen molar-refractivity contribution in [2.45, 2.75) is 31.7 Å². The fourth-order valence-corrected chi connectivity index (χ4v) is 2.73. The molecular weight excluding hydrogens is 214 g/mol. The Morgan fingerprint density at radius 2 is 2.31 bits per heavy atom. The maximum Gasteiger partial charge on any atom is 0.255 e. The summed E-state index contributed by atoms with van der Waals surface area (Å²) in [5, 5.41) is 0. The van der Waals surface area contributed by atoms with Crippen LogP contribution in [-0.4, -0.2) is 28.9 Å². The van der Waals surface area contributed by atoms with E-state index in [0.29, 0.717) is 19.5 Å². The number of oxazole rings is 1. The van der Waals surface area contributed by atoms with E-state index in [-0.39, 0.29) is 6.42 Å². The van der Waals surface area contributed by atoms with Crippen molar-refractivity contribution in [3.05, 3.63) is 18.4 Å². The van der Waals surface area contributed by atoms with E-state index in [0.717, 1.165) is 18.7 Å². The Kier molecular flexibility index (Phi) is 2.08. The Morgan fingerprint density at radius 1 is 1.50 bits per heavy atom. The highest BCUT2D eigenvalue weighted by atomic mass is 19.3. The van der Waals surface area contributed by atoms with E-state index >= 15 is 0 Å². The lowest BCUT2D eigenvalue weighted by atomic mass is 9.94. The van der Waals surface area contributed by atoms with E-state index in [1.54, 1.807) is 6.26 Å². The lowest BCUT2D eigenvalue weighted by Gasteiger charge is -2.32. The van der Waals surface area contributed by atoms with Crippen LogP contribution in [0, 0.1) is 5.41 Å². The predicted octanol–water partition coefficient (Wildman–Crippen LogP) is 2.30. The van der Waals surface area contributed by atoms with Gasteiger partial charge in [0.15, 0.2) is 6.39 Å². The van der Waals surface area contributed by atoms with Gasteiger partial charge >= 0.3 is 0 Å².